The zero-order chi connectivity index (χ0) is 18.4. The van der Waals surface area contributed by atoms with E-state index in [1.807, 2.05) is 30.3 Å². The van der Waals surface area contributed by atoms with Crippen molar-refractivity contribution in [3.05, 3.63) is 58.6 Å². The van der Waals surface area contributed by atoms with Gasteiger partial charge in [0.1, 0.15) is 39.3 Å². The molecule has 1 fully saturated rings. The molecule has 4 nitrogen and oxygen atoms in total. The Morgan fingerprint density at radius 1 is 0.885 bits per heavy atom. The maximum atomic E-state index is 5.95. The number of quaternary nitrogens is 2. The van der Waals surface area contributed by atoms with Crippen molar-refractivity contribution < 1.29 is 19.3 Å². The molecule has 0 bridgehead atoms. The van der Waals surface area contributed by atoms with Gasteiger partial charge in [-0.25, -0.2) is 0 Å². The van der Waals surface area contributed by atoms with Gasteiger partial charge in [0.25, 0.3) is 0 Å². The molecule has 0 radical (unpaired) electrons. The summed E-state index contributed by atoms with van der Waals surface area (Å²) in [7, 11) is 1.70. The molecule has 2 aromatic rings. The normalized spacial score (nSPS) is 20.0. The van der Waals surface area contributed by atoms with Crippen molar-refractivity contribution in [2.75, 3.05) is 39.8 Å². The van der Waals surface area contributed by atoms with Crippen LogP contribution in [0.2, 0.25) is 5.02 Å². The van der Waals surface area contributed by atoms with Gasteiger partial charge in [0.15, 0.2) is 11.5 Å². The highest BCUT2D eigenvalue weighted by Gasteiger charge is 2.22. The largest absolute Gasteiger partial charge is 0.493 e. The lowest BCUT2D eigenvalue weighted by atomic mass is 10.1. The van der Waals surface area contributed by atoms with Crippen molar-refractivity contribution in [1.29, 1.82) is 0 Å². The second kappa shape index (κ2) is 9.26. The number of piperazine rings is 1. The van der Waals surface area contributed by atoms with Gasteiger partial charge in [0, 0.05) is 10.6 Å². The summed E-state index contributed by atoms with van der Waals surface area (Å²) in [5.74, 6) is 1.58. The van der Waals surface area contributed by atoms with E-state index in [1.54, 1.807) is 16.9 Å². The zero-order valence-corrected chi connectivity index (χ0v) is 16.4. The molecule has 0 amide bonds. The molecular formula is C21H29ClN2O2+2. The number of hydrogen-bond acceptors (Lipinski definition) is 2. The van der Waals surface area contributed by atoms with Crippen LogP contribution in [0.25, 0.3) is 0 Å². The van der Waals surface area contributed by atoms with Crippen LogP contribution in [0.3, 0.4) is 0 Å². The number of nitrogens with one attached hydrogen (secondary N) is 2. The Labute approximate surface area is 161 Å². The predicted molar refractivity (Wildman–Crippen MR) is 104 cm³/mol. The summed E-state index contributed by atoms with van der Waals surface area (Å²) in [5.41, 5.74) is 2.39. The third kappa shape index (κ3) is 5.13. The molecule has 0 aliphatic carbocycles. The second-order valence-electron chi connectivity index (χ2n) is 6.93. The number of halogens is 1. The van der Waals surface area contributed by atoms with Crippen LogP contribution in [-0.4, -0.2) is 39.8 Å². The summed E-state index contributed by atoms with van der Waals surface area (Å²) >= 11 is 5.93. The minimum Gasteiger partial charge on any atom is -0.493 e. The van der Waals surface area contributed by atoms with Crippen molar-refractivity contribution >= 4 is 11.6 Å². The first-order chi connectivity index (χ1) is 12.7. The van der Waals surface area contributed by atoms with E-state index >= 15 is 0 Å². The van der Waals surface area contributed by atoms with Crippen molar-refractivity contribution in [3.8, 4) is 11.5 Å². The zero-order valence-electron chi connectivity index (χ0n) is 15.7. The van der Waals surface area contributed by atoms with Gasteiger partial charge in [0.05, 0.1) is 13.7 Å². The van der Waals surface area contributed by atoms with Crippen LogP contribution in [0.15, 0.2) is 42.5 Å². The molecule has 3 rings (SSSR count). The van der Waals surface area contributed by atoms with Crippen molar-refractivity contribution in [3.63, 3.8) is 0 Å². The number of methoxy groups -OCH3 is 1. The summed E-state index contributed by atoms with van der Waals surface area (Å²) in [4.78, 5) is 3.37. The van der Waals surface area contributed by atoms with E-state index in [4.69, 9.17) is 21.1 Å². The molecule has 1 aliphatic heterocycles. The Morgan fingerprint density at radius 2 is 1.54 bits per heavy atom. The molecule has 1 heterocycles. The third-order valence-electron chi connectivity index (χ3n) is 5.15. The molecule has 0 atom stereocenters. The highest BCUT2D eigenvalue weighted by molar-refractivity contribution is 6.30. The summed E-state index contributed by atoms with van der Waals surface area (Å²) in [6, 6.07) is 14.0. The summed E-state index contributed by atoms with van der Waals surface area (Å²) in [6.45, 7) is 10.1. The van der Waals surface area contributed by atoms with E-state index in [-0.39, 0.29) is 0 Å². The fraction of sp³-hybridized carbons (Fsp3) is 0.429. The first-order valence-corrected chi connectivity index (χ1v) is 9.77. The first kappa shape index (κ1) is 19.0. The van der Waals surface area contributed by atoms with Crippen LogP contribution >= 0.6 is 11.6 Å². The average Bonchev–Trinajstić information content (AvgIpc) is 2.68. The molecule has 0 spiro atoms. The predicted octanol–water partition coefficient (Wildman–Crippen LogP) is 1.23. The Kier molecular flexibility index (Phi) is 6.78. The molecule has 140 valence electrons. The average molecular weight is 377 g/mol. The topological polar surface area (TPSA) is 27.3 Å². The van der Waals surface area contributed by atoms with Gasteiger partial charge < -0.3 is 19.3 Å². The highest BCUT2D eigenvalue weighted by atomic mass is 35.5. The Morgan fingerprint density at radius 3 is 2.19 bits per heavy atom. The van der Waals surface area contributed by atoms with Crippen LogP contribution in [0.4, 0.5) is 0 Å². The maximum Gasteiger partial charge on any atom is 0.161 e. The highest BCUT2D eigenvalue weighted by Crippen LogP contribution is 2.28. The van der Waals surface area contributed by atoms with Gasteiger partial charge in [0.2, 0.25) is 0 Å². The van der Waals surface area contributed by atoms with Crippen molar-refractivity contribution in [2.45, 2.75) is 20.1 Å². The summed E-state index contributed by atoms with van der Waals surface area (Å²) in [5, 5.41) is 0.736. The smallest absolute Gasteiger partial charge is 0.161 e. The van der Waals surface area contributed by atoms with Crippen LogP contribution < -0.4 is 19.3 Å². The summed E-state index contributed by atoms with van der Waals surface area (Å²) < 4.78 is 11.5. The molecule has 1 saturated heterocycles. The van der Waals surface area contributed by atoms with E-state index in [9.17, 15) is 0 Å². The van der Waals surface area contributed by atoms with Crippen LogP contribution in [-0.2, 0) is 13.2 Å². The minimum absolute atomic E-state index is 0.500. The fourth-order valence-corrected chi connectivity index (χ4v) is 3.59. The first-order valence-electron chi connectivity index (χ1n) is 9.39. The molecule has 26 heavy (non-hydrogen) atoms. The van der Waals surface area contributed by atoms with Gasteiger partial charge in [-0.15, -0.1) is 0 Å². The van der Waals surface area contributed by atoms with E-state index in [2.05, 4.69) is 19.1 Å². The van der Waals surface area contributed by atoms with Crippen molar-refractivity contribution in [1.82, 2.24) is 0 Å². The van der Waals surface area contributed by atoms with Crippen LogP contribution in [0, 0.1) is 0 Å². The Bertz CT molecular complexity index is 698. The Balaban J connectivity index is 1.59. The third-order valence-corrected chi connectivity index (χ3v) is 5.41. The fourth-order valence-electron chi connectivity index (χ4n) is 3.46. The maximum absolute atomic E-state index is 5.95. The quantitative estimate of drug-likeness (QED) is 0.760. The minimum atomic E-state index is 0.500. The standard InChI is InChI=1S/C21H27ClN2O2/c1-3-23-10-12-24(13-11-23)15-18-6-9-20(21(14-18)25-2)26-16-17-4-7-19(22)8-5-17/h4-9,14H,3,10-13,15-16H2,1-2H3/p+2. The molecule has 2 N–H and O–H groups in total. The number of rotatable bonds is 7. The molecule has 5 heteroatoms. The van der Waals surface area contributed by atoms with Crippen molar-refractivity contribution in [2.24, 2.45) is 0 Å². The van der Waals surface area contributed by atoms with Gasteiger partial charge in [-0.1, -0.05) is 23.7 Å². The van der Waals surface area contributed by atoms with Gasteiger partial charge in [-0.05, 0) is 42.8 Å². The van der Waals surface area contributed by atoms with E-state index in [0.29, 0.717) is 6.61 Å². The van der Waals surface area contributed by atoms with E-state index in [1.165, 1.54) is 38.3 Å². The van der Waals surface area contributed by atoms with Gasteiger partial charge in [-0.3, -0.25) is 0 Å². The number of ether oxygens (including phenoxy) is 2. The number of hydrogen-bond donors (Lipinski definition) is 2. The summed E-state index contributed by atoms with van der Waals surface area (Å²) in [6.07, 6.45) is 0. The molecule has 0 saturated carbocycles. The molecule has 0 aromatic heterocycles. The van der Waals surface area contributed by atoms with E-state index < -0.39 is 0 Å². The van der Waals surface area contributed by atoms with Crippen LogP contribution in [0.1, 0.15) is 18.1 Å². The Hall–Kier alpha value is -1.75. The lowest BCUT2D eigenvalue weighted by molar-refractivity contribution is -1.02. The molecule has 0 unspecified atom stereocenters. The number of benzene rings is 2. The lowest BCUT2D eigenvalue weighted by Gasteiger charge is -2.29. The SMILES string of the molecule is CC[NH+]1CC[NH+](Cc2ccc(OCc3ccc(Cl)cc3)c(OC)c2)CC1. The van der Waals surface area contributed by atoms with Gasteiger partial charge >= 0.3 is 0 Å². The molecule has 2 aromatic carbocycles. The number of likely N-dealkylation sites (N-methyl/N-ethyl adjacent to an activating group) is 1. The second-order valence-corrected chi connectivity index (χ2v) is 7.37. The van der Waals surface area contributed by atoms with Crippen LogP contribution in [0.5, 0.6) is 11.5 Å². The molecular weight excluding hydrogens is 348 g/mol. The van der Waals surface area contributed by atoms with Gasteiger partial charge in [-0.2, -0.15) is 0 Å². The lowest BCUT2D eigenvalue weighted by Crippen LogP contribution is -3.27. The molecule has 1 aliphatic rings. The van der Waals surface area contributed by atoms with E-state index in [0.717, 1.165) is 28.6 Å². The monoisotopic (exact) mass is 376 g/mol.